The van der Waals surface area contributed by atoms with Gasteiger partial charge in [0.1, 0.15) is 0 Å². The molecule has 0 bridgehead atoms. The van der Waals surface area contributed by atoms with Crippen LogP contribution < -0.4 is 5.32 Å². The summed E-state index contributed by atoms with van der Waals surface area (Å²) in [6.45, 7) is 12.1. The normalized spacial score (nSPS) is 29.4. The second kappa shape index (κ2) is 8.71. The molecule has 29 heavy (non-hydrogen) atoms. The molecule has 156 valence electrons. The third-order valence-corrected chi connectivity index (χ3v) is 7.22. The van der Waals surface area contributed by atoms with Crippen molar-refractivity contribution < 1.29 is 4.79 Å². The molecule has 1 fully saturated rings. The largest absolute Gasteiger partial charge is 0.331 e. The molecule has 0 saturated carbocycles. The van der Waals surface area contributed by atoms with E-state index in [1.54, 1.807) is 0 Å². The van der Waals surface area contributed by atoms with Crippen molar-refractivity contribution in [2.24, 2.45) is 5.92 Å². The molecule has 3 heteroatoms. The van der Waals surface area contributed by atoms with E-state index in [0.29, 0.717) is 12.5 Å². The van der Waals surface area contributed by atoms with E-state index in [9.17, 15) is 4.79 Å². The molecule has 0 aromatic heterocycles. The first-order valence-electron chi connectivity index (χ1n) is 11.0. The van der Waals surface area contributed by atoms with Crippen LogP contribution in [0.3, 0.4) is 0 Å². The number of rotatable bonds is 6. The van der Waals surface area contributed by atoms with Crippen molar-refractivity contribution in [1.29, 1.82) is 0 Å². The minimum absolute atomic E-state index is 0.000414. The van der Waals surface area contributed by atoms with Gasteiger partial charge in [-0.25, -0.2) is 0 Å². The SMILES string of the molecule is CCC1(C)CC(N(Cc2ccccc2)C(=O)c2ccccc2)C(C)C(C)(CC)N1. The average molecular weight is 393 g/mol. The second-order valence-corrected chi connectivity index (χ2v) is 9.16. The highest BCUT2D eigenvalue weighted by Gasteiger charge is 2.49. The van der Waals surface area contributed by atoms with Gasteiger partial charge in [0.15, 0.2) is 0 Å². The van der Waals surface area contributed by atoms with Crippen LogP contribution in [0.1, 0.15) is 69.8 Å². The zero-order valence-electron chi connectivity index (χ0n) is 18.6. The number of nitrogens with one attached hydrogen (secondary N) is 1. The molecule has 0 aliphatic carbocycles. The molecule has 3 rings (SSSR count). The van der Waals surface area contributed by atoms with Gasteiger partial charge < -0.3 is 10.2 Å². The fourth-order valence-electron chi connectivity index (χ4n) is 4.81. The average Bonchev–Trinajstić information content (AvgIpc) is 2.76. The first-order chi connectivity index (χ1) is 13.8. The van der Waals surface area contributed by atoms with E-state index in [-0.39, 0.29) is 23.0 Å². The molecule has 2 aromatic rings. The molecular weight excluding hydrogens is 356 g/mol. The number of nitrogens with zero attached hydrogens (tertiary/aromatic N) is 1. The van der Waals surface area contributed by atoms with Crippen LogP contribution in [0.2, 0.25) is 0 Å². The summed E-state index contributed by atoms with van der Waals surface area (Å²) in [5.74, 6) is 0.480. The Morgan fingerprint density at radius 3 is 2.14 bits per heavy atom. The van der Waals surface area contributed by atoms with Gasteiger partial charge in [0.05, 0.1) is 0 Å². The Morgan fingerprint density at radius 1 is 1.00 bits per heavy atom. The van der Waals surface area contributed by atoms with Gasteiger partial charge in [0.25, 0.3) is 5.91 Å². The van der Waals surface area contributed by atoms with E-state index < -0.39 is 0 Å². The fraction of sp³-hybridized carbons (Fsp3) is 0.500. The number of amides is 1. The fourth-order valence-corrected chi connectivity index (χ4v) is 4.81. The number of carbonyl (C=O) groups excluding carboxylic acids is 1. The van der Waals surface area contributed by atoms with E-state index >= 15 is 0 Å². The molecule has 1 aliphatic heterocycles. The summed E-state index contributed by atoms with van der Waals surface area (Å²) in [7, 11) is 0. The highest BCUT2D eigenvalue weighted by molar-refractivity contribution is 5.94. The molecule has 1 aliphatic rings. The molecular formula is C26H36N2O. The summed E-state index contributed by atoms with van der Waals surface area (Å²) in [4.78, 5) is 15.8. The quantitative estimate of drug-likeness (QED) is 0.687. The second-order valence-electron chi connectivity index (χ2n) is 9.16. The van der Waals surface area contributed by atoms with E-state index in [0.717, 1.165) is 24.8 Å². The number of piperidine rings is 1. The molecule has 4 unspecified atom stereocenters. The van der Waals surface area contributed by atoms with E-state index in [1.165, 1.54) is 5.56 Å². The zero-order chi connectivity index (χ0) is 21.1. The van der Waals surface area contributed by atoms with Crippen LogP contribution in [0.15, 0.2) is 60.7 Å². The molecule has 0 radical (unpaired) electrons. The third-order valence-electron chi connectivity index (χ3n) is 7.22. The maximum Gasteiger partial charge on any atom is 0.254 e. The van der Waals surface area contributed by atoms with Gasteiger partial charge in [-0.05, 0) is 56.7 Å². The lowest BCUT2D eigenvalue weighted by atomic mass is 9.68. The Hall–Kier alpha value is -2.13. The highest BCUT2D eigenvalue weighted by atomic mass is 16.2. The Bertz CT molecular complexity index is 806. The Kier molecular flexibility index (Phi) is 6.48. The van der Waals surface area contributed by atoms with E-state index in [1.807, 2.05) is 36.4 Å². The highest BCUT2D eigenvalue weighted by Crippen LogP contribution is 2.40. The van der Waals surface area contributed by atoms with Crippen molar-refractivity contribution >= 4 is 5.91 Å². The Balaban J connectivity index is 2.02. The van der Waals surface area contributed by atoms with Crippen molar-refractivity contribution in [3.63, 3.8) is 0 Å². The molecule has 3 nitrogen and oxygen atoms in total. The number of carbonyl (C=O) groups is 1. The predicted molar refractivity (Wildman–Crippen MR) is 121 cm³/mol. The number of benzene rings is 2. The van der Waals surface area contributed by atoms with Gasteiger partial charge >= 0.3 is 0 Å². The van der Waals surface area contributed by atoms with Crippen molar-refractivity contribution in [3.8, 4) is 0 Å². The van der Waals surface area contributed by atoms with Crippen LogP contribution in [0.4, 0.5) is 0 Å². The van der Waals surface area contributed by atoms with Gasteiger partial charge in [-0.2, -0.15) is 0 Å². The summed E-state index contributed by atoms with van der Waals surface area (Å²) in [5, 5.41) is 3.94. The minimum Gasteiger partial charge on any atom is -0.331 e. The van der Waals surface area contributed by atoms with E-state index in [4.69, 9.17) is 0 Å². The lowest BCUT2D eigenvalue weighted by molar-refractivity contribution is -0.000422. The Morgan fingerprint density at radius 2 is 1.59 bits per heavy atom. The van der Waals surface area contributed by atoms with Crippen molar-refractivity contribution in [1.82, 2.24) is 10.2 Å². The van der Waals surface area contributed by atoms with Gasteiger partial charge in [-0.3, -0.25) is 4.79 Å². The number of hydrogen-bond donors (Lipinski definition) is 1. The number of hydrogen-bond acceptors (Lipinski definition) is 2. The van der Waals surface area contributed by atoms with Crippen LogP contribution in [-0.4, -0.2) is 27.9 Å². The van der Waals surface area contributed by atoms with Gasteiger partial charge in [0.2, 0.25) is 0 Å². The molecule has 0 spiro atoms. The monoisotopic (exact) mass is 392 g/mol. The molecule has 1 N–H and O–H groups in total. The molecule has 4 atom stereocenters. The van der Waals surface area contributed by atoms with Gasteiger partial charge in [-0.15, -0.1) is 0 Å². The first kappa shape index (κ1) is 21.6. The summed E-state index contributed by atoms with van der Waals surface area (Å²) in [6, 6.07) is 20.3. The maximum absolute atomic E-state index is 13.7. The molecule has 1 heterocycles. The van der Waals surface area contributed by atoms with Crippen LogP contribution in [0.25, 0.3) is 0 Å². The lowest BCUT2D eigenvalue weighted by Gasteiger charge is -2.56. The first-order valence-corrected chi connectivity index (χ1v) is 11.0. The molecule has 1 saturated heterocycles. The van der Waals surface area contributed by atoms with Crippen LogP contribution in [-0.2, 0) is 6.54 Å². The Labute approximate surface area is 176 Å². The predicted octanol–water partition coefficient (Wildman–Crippen LogP) is 5.66. The van der Waals surface area contributed by atoms with Gasteiger partial charge in [-0.1, -0.05) is 69.3 Å². The smallest absolute Gasteiger partial charge is 0.254 e. The van der Waals surface area contributed by atoms with Crippen molar-refractivity contribution in [2.45, 2.75) is 77.5 Å². The van der Waals surface area contributed by atoms with Crippen LogP contribution in [0, 0.1) is 5.92 Å². The van der Waals surface area contributed by atoms with Crippen molar-refractivity contribution in [2.75, 3.05) is 0 Å². The minimum atomic E-state index is -0.000414. The van der Waals surface area contributed by atoms with Crippen molar-refractivity contribution in [3.05, 3.63) is 71.8 Å². The van der Waals surface area contributed by atoms with Crippen LogP contribution in [0.5, 0.6) is 0 Å². The lowest BCUT2D eigenvalue weighted by Crippen LogP contribution is -2.68. The van der Waals surface area contributed by atoms with Gasteiger partial charge in [0, 0.05) is 29.2 Å². The zero-order valence-corrected chi connectivity index (χ0v) is 18.6. The summed E-state index contributed by atoms with van der Waals surface area (Å²) in [5.41, 5.74) is 1.97. The summed E-state index contributed by atoms with van der Waals surface area (Å²) >= 11 is 0. The van der Waals surface area contributed by atoms with Crippen LogP contribution >= 0.6 is 0 Å². The third kappa shape index (κ3) is 4.56. The summed E-state index contributed by atoms with van der Waals surface area (Å²) < 4.78 is 0. The standard InChI is InChI=1S/C26H36N2O/c1-6-25(4)18-23(20(3)26(5,7-2)27-25)28(19-21-14-10-8-11-15-21)24(29)22-16-12-9-13-17-22/h8-17,20,23,27H,6-7,18-19H2,1-5H3. The topological polar surface area (TPSA) is 32.3 Å². The summed E-state index contributed by atoms with van der Waals surface area (Å²) in [6.07, 6.45) is 3.05. The maximum atomic E-state index is 13.7. The van der Waals surface area contributed by atoms with E-state index in [2.05, 4.69) is 69.1 Å². The molecule has 1 amide bonds. The molecule has 2 aromatic carbocycles.